The lowest BCUT2D eigenvalue weighted by atomic mass is 9.88. The fraction of sp³-hybridized carbons (Fsp3) is 0.0667. The van der Waals surface area contributed by atoms with E-state index in [1.807, 2.05) is 0 Å². The monoisotopic (exact) mass is 393 g/mol. The van der Waals surface area contributed by atoms with Crippen molar-refractivity contribution in [3.05, 3.63) is 90.0 Å². The van der Waals surface area contributed by atoms with Crippen molar-refractivity contribution in [1.82, 2.24) is 4.98 Å². The standard InChI is InChI=1S/C30H19N/c1-2-11-20-18(9-1)21-14-7-15-24-27(21)25(20)16-26-28(24)29-22-12-5-3-8-17(22)19-10-4-6-13-23(19)30(29)31-26/h1-5,7-12,14-16,31H,6,13H2. The molecule has 0 unspecified atom stereocenters. The second-order valence-electron chi connectivity index (χ2n) is 8.87. The van der Waals surface area contributed by atoms with Crippen LogP contribution in [-0.2, 0) is 6.42 Å². The van der Waals surface area contributed by atoms with E-state index in [0.29, 0.717) is 0 Å². The third-order valence-corrected chi connectivity index (χ3v) is 7.39. The number of aromatic amines is 1. The van der Waals surface area contributed by atoms with Gasteiger partial charge >= 0.3 is 0 Å². The zero-order chi connectivity index (χ0) is 20.1. The summed E-state index contributed by atoms with van der Waals surface area (Å²) in [6.07, 6.45) is 6.85. The summed E-state index contributed by atoms with van der Waals surface area (Å²) < 4.78 is 0. The first kappa shape index (κ1) is 15.9. The Labute approximate surface area is 179 Å². The van der Waals surface area contributed by atoms with Crippen molar-refractivity contribution in [3.63, 3.8) is 0 Å². The fourth-order valence-corrected chi connectivity index (χ4v) is 6.17. The van der Waals surface area contributed by atoms with Gasteiger partial charge in [-0.1, -0.05) is 78.9 Å². The van der Waals surface area contributed by atoms with E-state index in [1.165, 1.54) is 76.7 Å². The van der Waals surface area contributed by atoms with E-state index in [0.717, 1.165) is 12.8 Å². The maximum atomic E-state index is 3.89. The maximum absolute atomic E-state index is 3.89. The summed E-state index contributed by atoms with van der Waals surface area (Å²) in [5, 5.41) is 8.25. The smallest absolute Gasteiger partial charge is 0.0510 e. The van der Waals surface area contributed by atoms with Gasteiger partial charge in [0.2, 0.25) is 0 Å². The van der Waals surface area contributed by atoms with Crippen molar-refractivity contribution < 1.29 is 0 Å². The van der Waals surface area contributed by atoms with Gasteiger partial charge in [-0.3, -0.25) is 0 Å². The predicted molar refractivity (Wildman–Crippen MR) is 133 cm³/mol. The number of hydrogen-bond donors (Lipinski definition) is 1. The van der Waals surface area contributed by atoms with Gasteiger partial charge < -0.3 is 4.98 Å². The zero-order valence-corrected chi connectivity index (χ0v) is 17.0. The van der Waals surface area contributed by atoms with Crippen LogP contribution < -0.4 is 0 Å². The van der Waals surface area contributed by atoms with Gasteiger partial charge in [0.25, 0.3) is 0 Å². The summed E-state index contributed by atoms with van der Waals surface area (Å²) in [4.78, 5) is 3.89. The van der Waals surface area contributed by atoms with Crippen molar-refractivity contribution in [2.75, 3.05) is 0 Å². The molecule has 0 bridgehead atoms. The molecule has 0 amide bonds. The van der Waals surface area contributed by atoms with Crippen molar-refractivity contribution in [1.29, 1.82) is 0 Å². The van der Waals surface area contributed by atoms with Crippen LogP contribution in [0.1, 0.15) is 17.5 Å². The molecule has 144 valence electrons. The van der Waals surface area contributed by atoms with E-state index in [-0.39, 0.29) is 0 Å². The SMILES string of the molecule is C1=Cc2c(c3[nH]c4cc5c6c(cccc6c4c3c3ccccc23)-c2ccccc2-5)CC1. The number of hydrogen-bond acceptors (Lipinski definition) is 0. The van der Waals surface area contributed by atoms with Gasteiger partial charge in [-0.15, -0.1) is 0 Å². The summed E-state index contributed by atoms with van der Waals surface area (Å²) in [5.41, 5.74) is 10.9. The number of benzene rings is 5. The number of nitrogens with one attached hydrogen (secondary N) is 1. The van der Waals surface area contributed by atoms with E-state index >= 15 is 0 Å². The lowest BCUT2D eigenvalue weighted by molar-refractivity contribution is 0.997. The average Bonchev–Trinajstić information content (AvgIpc) is 3.38. The molecule has 1 heterocycles. The Kier molecular flexibility index (Phi) is 2.80. The van der Waals surface area contributed by atoms with E-state index in [9.17, 15) is 0 Å². The van der Waals surface area contributed by atoms with Crippen LogP contribution in [0.4, 0.5) is 0 Å². The molecule has 0 fully saturated rings. The predicted octanol–water partition coefficient (Wildman–Crippen LogP) is 8.23. The van der Waals surface area contributed by atoms with E-state index in [2.05, 4.69) is 89.9 Å². The first-order valence-corrected chi connectivity index (χ1v) is 11.1. The molecule has 0 aliphatic heterocycles. The van der Waals surface area contributed by atoms with Gasteiger partial charge in [0.15, 0.2) is 0 Å². The largest absolute Gasteiger partial charge is 0.354 e. The Bertz CT molecular complexity index is 1780. The minimum absolute atomic E-state index is 1.10. The number of H-pyrrole nitrogens is 1. The second kappa shape index (κ2) is 5.44. The molecule has 0 saturated carbocycles. The normalized spacial score (nSPS) is 14.1. The Morgan fingerprint density at radius 3 is 2.26 bits per heavy atom. The van der Waals surface area contributed by atoms with Crippen LogP contribution in [0, 0.1) is 0 Å². The number of rotatable bonds is 0. The highest BCUT2D eigenvalue weighted by Gasteiger charge is 2.25. The second-order valence-corrected chi connectivity index (χ2v) is 8.87. The van der Waals surface area contributed by atoms with E-state index < -0.39 is 0 Å². The Hall–Kier alpha value is -3.84. The zero-order valence-electron chi connectivity index (χ0n) is 17.0. The topological polar surface area (TPSA) is 15.8 Å². The van der Waals surface area contributed by atoms with Gasteiger partial charge in [0, 0.05) is 16.3 Å². The van der Waals surface area contributed by atoms with Gasteiger partial charge in [-0.2, -0.15) is 0 Å². The molecule has 8 rings (SSSR count). The average molecular weight is 393 g/mol. The summed E-state index contributed by atoms with van der Waals surface area (Å²) in [5.74, 6) is 0. The molecule has 0 saturated heterocycles. The molecular formula is C30H19N. The van der Waals surface area contributed by atoms with Gasteiger partial charge in [-0.05, 0) is 73.8 Å². The number of allylic oxidation sites excluding steroid dienone is 1. The summed E-state index contributed by atoms with van der Waals surface area (Å²) in [6, 6.07) is 27.0. The summed E-state index contributed by atoms with van der Waals surface area (Å²) in [7, 11) is 0. The van der Waals surface area contributed by atoms with Gasteiger partial charge in [-0.25, -0.2) is 0 Å². The molecule has 6 aromatic rings. The minimum Gasteiger partial charge on any atom is -0.354 e. The molecule has 0 radical (unpaired) electrons. The van der Waals surface area contributed by atoms with Crippen LogP contribution in [0.3, 0.4) is 0 Å². The van der Waals surface area contributed by atoms with Crippen LogP contribution in [0.2, 0.25) is 0 Å². The van der Waals surface area contributed by atoms with Crippen molar-refractivity contribution >= 4 is 49.4 Å². The molecule has 2 aliphatic carbocycles. The molecule has 31 heavy (non-hydrogen) atoms. The molecule has 5 aromatic carbocycles. The maximum Gasteiger partial charge on any atom is 0.0510 e. The third kappa shape index (κ3) is 1.84. The van der Waals surface area contributed by atoms with Crippen LogP contribution in [0.5, 0.6) is 0 Å². The molecular weight excluding hydrogens is 374 g/mol. The van der Waals surface area contributed by atoms with Gasteiger partial charge in [0.1, 0.15) is 0 Å². The van der Waals surface area contributed by atoms with Crippen LogP contribution in [0.25, 0.3) is 71.7 Å². The minimum atomic E-state index is 1.10. The number of aromatic nitrogens is 1. The van der Waals surface area contributed by atoms with Crippen LogP contribution in [0.15, 0.2) is 78.9 Å². The Morgan fingerprint density at radius 2 is 1.35 bits per heavy atom. The van der Waals surface area contributed by atoms with Crippen molar-refractivity contribution in [3.8, 4) is 22.3 Å². The highest BCUT2D eigenvalue weighted by atomic mass is 14.7. The number of aryl methyl sites for hydroxylation is 1. The molecule has 1 N–H and O–H groups in total. The Balaban J connectivity index is 1.67. The van der Waals surface area contributed by atoms with E-state index in [1.54, 1.807) is 0 Å². The fourth-order valence-electron chi connectivity index (χ4n) is 6.17. The highest BCUT2D eigenvalue weighted by molar-refractivity contribution is 6.33. The molecule has 0 atom stereocenters. The molecule has 0 spiro atoms. The van der Waals surface area contributed by atoms with Crippen LogP contribution >= 0.6 is 0 Å². The summed E-state index contributed by atoms with van der Waals surface area (Å²) >= 11 is 0. The van der Waals surface area contributed by atoms with Gasteiger partial charge in [0.05, 0.1) is 5.52 Å². The molecule has 1 nitrogen and oxygen atoms in total. The molecule has 2 aliphatic rings. The van der Waals surface area contributed by atoms with E-state index in [4.69, 9.17) is 0 Å². The van der Waals surface area contributed by atoms with Crippen LogP contribution in [-0.4, -0.2) is 4.98 Å². The van der Waals surface area contributed by atoms with Crippen molar-refractivity contribution in [2.24, 2.45) is 0 Å². The lowest BCUT2D eigenvalue weighted by Crippen LogP contribution is -1.97. The van der Waals surface area contributed by atoms with Crippen molar-refractivity contribution in [2.45, 2.75) is 12.8 Å². The number of fused-ring (bicyclic) bond motifs is 12. The highest BCUT2D eigenvalue weighted by Crippen LogP contribution is 2.51. The third-order valence-electron chi connectivity index (χ3n) is 7.39. The first-order valence-electron chi connectivity index (χ1n) is 11.1. The quantitative estimate of drug-likeness (QED) is 0.267. The lowest BCUT2D eigenvalue weighted by Gasteiger charge is -2.16. The first-order chi connectivity index (χ1) is 15.4. The summed E-state index contributed by atoms with van der Waals surface area (Å²) in [6.45, 7) is 0. The molecule has 1 heteroatoms. The Morgan fingerprint density at radius 1 is 0.613 bits per heavy atom. The molecule has 1 aromatic heterocycles.